The molecular weight excluding hydrogens is 770 g/mol. The van der Waals surface area contributed by atoms with Crippen molar-refractivity contribution in [1.29, 1.82) is 0 Å². The number of thiophene rings is 3. The minimum absolute atomic E-state index is 0.754. The van der Waals surface area contributed by atoms with E-state index in [1.54, 1.807) is 46.7 Å². The van der Waals surface area contributed by atoms with Gasteiger partial charge in [-0.15, -0.1) is 0 Å². The molecule has 5 aromatic heterocycles. The van der Waals surface area contributed by atoms with E-state index in [4.69, 9.17) is 0 Å². The number of hydrogen-bond acceptors (Lipinski definition) is 3. The van der Waals surface area contributed by atoms with Crippen LogP contribution in [0.25, 0.3) is 40.9 Å². The van der Waals surface area contributed by atoms with E-state index in [2.05, 4.69) is 113 Å². The second kappa shape index (κ2) is 13.0. The molecular formula is C34H54N2S3Sn2. The van der Waals surface area contributed by atoms with Gasteiger partial charge in [-0.25, -0.2) is 0 Å². The molecule has 226 valence electrons. The van der Waals surface area contributed by atoms with Gasteiger partial charge in [0.1, 0.15) is 0 Å². The Morgan fingerprint density at radius 2 is 0.976 bits per heavy atom. The Hall–Kier alpha value is 0.297. The average Bonchev–Trinajstić information content (AvgIpc) is 3.69. The minimum atomic E-state index is -2.18. The molecule has 2 nitrogen and oxygen atoms in total. The molecule has 2 unspecified atom stereocenters. The molecule has 5 aromatic rings. The summed E-state index contributed by atoms with van der Waals surface area (Å²) >= 11 is 2.10. The number of aromatic nitrogens is 2. The SMILES string of the molecule is CCCCC(CC)Cn1c2c[c]([Sn]([CH3])([CH3])[CH3])sc2c2sc3c4s[c]([Sn]([CH3])([CH3])[CH3])cc4n(CC(CC)CCCC)c3c21. The van der Waals surface area contributed by atoms with Gasteiger partial charge < -0.3 is 0 Å². The average molecular weight is 824 g/mol. The molecule has 41 heavy (non-hydrogen) atoms. The second-order valence-corrected chi connectivity index (χ2v) is 48.6. The zero-order valence-electron chi connectivity index (χ0n) is 27.5. The molecule has 2 atom stereocenters. The van der Waals surface area contributed by atoms with Crippen molar-refractivity contribution in [1.82, 2.24) is 9.13 Å². The summed E-state index contributed by atoms with van der Waals surface area (Å²) in [5.74, 6) is 1.51. The van der Waals surface area contributed by atoms with Crippen molar-refractivity contribution in [2.24, 2.45) is 11.8 Å². The van der Waals surface area contributed by atoms with Crippen LogP contribution in [-0.4, -0.2) is 45.9 Å². The van der Waals surface area contributed by atoms with Crippen LogP contribution >= 0.6 is 34.0 Å². The monoisotopic (exact) mass is 826 g/mol. The number of unbranched alkanes of at least 4 members (excludes halogenated alkanes) is 2. The summed E-state index contributed by atoms with van der Waals surface area (Å²) in [5, 5.41) is 0. The molecule has 5 rings (SSSR count). The predicted molar refractivity (Wildman–Crippen MR) is 199 cm³/mol. The number of rotatable bonds is 14. The molecule has 5 heterocycles. The van der Waals surface area contributed by atoms with Gasteiger partial charge in [0.25, 0.3) is 0 Å². The van der Waals surface area contributed by atoms with Crippen LogP contribution in [-0.2, 0) is 13.1 Å². The Balaban J connectivity index is 1.82. The van der Waals surface area contributed by atoms with Gasteiger partial charge in [-0.3, -0.25) is 0 Å². The third-order valence-electron chi connectivity index (χ3n) is 9.26. The van der Waals surface area contributed by atoms with Gasteiger partial charge in [-0.05, 0) is 0 Å². The summed E-state index contributed by atoms with van der Waals surface area (Å²) in [6.07, 6.45) is 10.5. The van der Waals surface area contributed by atoms with Gasteiger partial charge >= 0.3 is 272 Å². The standard InChI is InChI=1S/C28H36N2S3.6CH3.2Sn/c1-5-9-11-19(7-3)17-29-21-13-15-31-25(21)27-23(29)24-28(33-27)26-22(14-16-32-26)30(24)18-20(8-4)12-10-6-2;;;;;;;;/h13-14,19-20H,5-12,17-18H2,1-4H3;6*1H3;;. The molecule has 0 saturated carbocycles. The maximum absolute atomic E-state index is 2.84. The van der Waals surface area contributed by atoms with Crippen molar-refractivity contribution in [2.45, 2.75) is 122 Å². The first-order chi connectivity index (χ1) is 19.4. The van der Waals surface area contributed by atoms with Gasteiger partial charge in [-0.1, -0.05) is 0 Å². The van der Waals surface area contributed by atoms with Crippen LogP contribution in [0.15, 0.2) is 12.1 Å². The molecule has 0 aliphatic heterocycles. The second-order valence-electron chi connectivity index (χ2n) is 14.7. The van der Waals surface area contributed by atoms with Crippen LogP contribution in [0.2, 0.25) is 29.6 Å². The fourth-order valence-corrected chi connectivity index (χ4v) is 20.7. The summed E-state index contributed by atoms with van der Waals surface area (Å²) in [6.45, 7) is 11.9. The van der Waals surface area contributed by atoms with E-state index in [0.717, 1.165) is 11.8 Å². The first kappa shape index (κ1) is 32.7. The van der Waals surface area contributed by atoms with E-state index < -0.39 is 36.8 Å². The topological polar surface area (TPSA) is 9.86 Å². The normalized spacial score (nSPS) is 14.9. The van der Waals surface area contributed by atoms with Crippen molar-refractivity contribution in [2.75, 3.05) is 0 Å². The van der Waals surface area contributed by atoms with Crippen LogP contribution < -0.4 is 5.79 Å². The van der Waals surface area contributed by atoms with E-state index in [-0.39, 0.29) is 0 Å². The van der Waals surface area contributed by atoms with Crippen LogP contribution in [0, 0.1) is 11.8 Å². The molecule has 0 spiro atoms. The van der Waals surface area contributed by atoms with Gasteiger partial charge in [0.2, 0.25) is 0 Å². The zero-order chi connectivity index (χ0) is 29.7. The van der Waals surface area contributed by atoms with Crippen LogP contribution in [0.1, 0.15) is 79.1 Å². The van der Waals surface area contributed by atoms with Crippen molar-refractivity contribution in [3.8, 4) is 0 Å². The molecule has 7 heteroatoms. The summed E-state index contributed by atoms with van der Waals surface area (Å²) in [7, 11) is 0. The maximum atomic E-state index is 2.84. The van der Waals surface area contributed by atoms with Crippen LogP contribution in [0.4, 0.5) is 0 Å². The third-order valence-corrected chi connectivity index (χ3v) is 31.9. The fourth-order valence-electron chi connectivity index (χ4n) is 6.42. The Morgan fingerprint density at radius 1 is 0.585 bits per heavy atom. The first-order valence-electron chi connectivity index (χ1n) is 16.4. The Labute approximate surface area is 269 Å². The molecule has 0 aliphatic carbocycles. The van der Waals surface area contributed by atoms with Crippen molar-refractivity contribution < 1.29 is 0 Å². The van der Waals surface area contributed by atoms with Crippen molar-refractivity contribution in [3.05, 3.63) is 12.1 Å². The van der Waals surface area contributed by atoms with Gasteiger partial charge in [0.05, 0.1) is 0 Å². The number of nitrogens with zero attached hydrogens (tertiary/aromatic N) is 2. The first-order valence-corrected chi connectivity index (χ1v) is 38.9. The summed E-state index contributed by atoms with van der Waals surface area (Å²) in [5.41, 5.74) is 6.25. The van der Waals surface area contributed by atoms with E-state index in [1.165, 1.54) is 64.5 Å². The number of fused-ring (bicyclic) bond motifs is 7. The molecule has 0 aromatic carbocycles. The van der Waals surface area contributed by atoms with Gasteiger partial charge in [0, 0.05) is 0 Å². The summed E-state index contributed by atoms with van der Waals surface area (Å²) in [6, 6.07) is 5.30. The van der Waals surface area contributed by atoms with Crippen molar-refractivity contribution >= 4 is 117 Å². The predicted octanol–water partition coefficient (Wildman–Crippen LogP) is 11.6. The van der Waals surface area contributed by atoms with E-state index in [9.17, 15) is 0 Å². The summed E-state index contributed by atoms with van der Waals surface area (Å²) < 4.78 is 15.5. The van der Waals surface area contributed by atoms with Gasteiger partial charge in [-0.2, -0.15) is 0 Å². The third kappa shape index (κ3) is 6.37. The number of hydrogen-bond donors (Lipinski definition) is 0. The molecule has 0 aliphatic rings. The van der Waals surface area contributed by atoms with Gasteiger partial charge in [0.15, 0.2) is 0 Å². The Bertz CT molecular complexity index is 1510. The van der Waals surface area contributed by atoms with E-state index in [0.29, 0.717) is 0 Å². The zero-order valence-corrected chi connectivity index (χ0v) is 35.7. The molecule has 0 N–H and O–H groups in total. The molecule has 0 saturated heterocycles. The Kier molecular flexibility index (Phi) is 10.3. The quantitative estimate of drug-likeness (QED) is 0.0988. The van der Waals surface area contributed by atoms with E-state index in [1.807, 2.05) is 0 Å². The van der Waals surface area contributed by atoms with Crippen LogP contribution in [0.3, 0.4) is 0 Å². The van der Waals surface area contributed by atoms with Crippen molar-refractivity contribution in [3.63, 3.8) is 0 Å². The molecule has 0 amide bonds. The van der Waals surface area contributed by atoms with Crippen LogP contribution in [0.5, 0.6) is 0 Å². The molecule has 0 bridgehead atoms. The Morgan fingerprint density at radius 3 is 1.29 bits per heavy atom. The summed E-state index contributed by atoms with van der Waals surface area (Å²) in [4.78, 5) is 15.5. The molecule has 0 fully saturated rings. The van der Waals surface area contributed by atoms with E-state index >= 15 is 0 Å². The fraction of sp³-hybridized carbons (Fsp3) is 0.647. The molecule has 0 radical (unpaired) electrons.